The van der Waals surface area contributed by atoms with Crippen molar-refractivity contribution < 1.29 is 33.6 Å². The number of fused-ring (bicyclic) bond motifs is 1. The highest BCUT2D eigenvalue weighted by Gasteiger charge is 2.31. The van der Waals surface area contributed by atoms with E-state index in [2.05, 4.69) is 31.2 Å². The van der Waals surface area contributed by atoms with Crippen LogP contribution in [0.2, 0.25) is 0 Å². The van der Waals surface area contributed by atoms with Gasteiger partial charge in [0, 0.05) is 93.0 Å². The number of nitrogens with one attached hydrogen (secondary N) is 4. The van der Waals surface area contributed by atoms with Crippen LogP contribution in [0.4, 0.5) is 11.4 Å². The van der Waals surface area contributed by atoms with E-state index in [9.17, 15) is 33.6 Å². The first-order valence-corrected chi connectivity index (χ1v) is 23.5. The maximum atomic E-state index is 13.6. The normalized spacial score (nSPS) is 17.1. The molecule has 16 nitrogen and oxygen atoms in total. The van der Waals surface area contributed by atoms with Gasteiger partial charge in [0.25, 0.3) is 17.7 Å². The summed E-state index contributed by atoms with van der Waals surface area (Å²) < 4.78 is 0. The zero-order valence-electron chi connectivity index (χ0n) is 38.6. The maximum Gasteiger partial charge on any atom is 0.255 e. The van der Waals surface area contributed by atoms with Crippen molar-refractivity contribution in [1.82, 2.24) is 30.7 Å². The molecule has 6 rings (SSSR count). The second-order valence-corrected chi connectivity index (χ2v) is 17.5. The summed E-state index contributed by atoms with van der Waals surface area (Å²) in [5, 5.41) is 11.7. The van der Waals surface area contributed by atoms with Crippen molar-refractivity contribution in [2.75, 3.05) is 31.5 Å². The topological polar surface area (TPSA) is 225 Å². The van der Waals surface area contributed by atoms with Gasteiger partial charge in [-0.1, -0.05) is 56.7 Å². The number of imide groups is 1. The summed E-state index contributed by atoms with van der Waals surface area (Å²) in [6.07, 6.45) is 14.9. The molecule has 2 aliphatic heterocycles. The summed E-state index contributed by atoms with van der Waals surface area (Å²) in [5.41, 5.74) is 10.2. The molecule has 1 fully saturated rings. The molecule has 16 heteroatoms. The molecule has 0 radical (unpaired) electrons. The van der Waals surface area contributed by atoms with Gasteiger partial charge in [-0.25, -0.2) is 4.99 Å². The van der Waals surface area contributed by atoms with Crippen molar-refractivity contribution in [3.05, 3.63) is 107 Å². The van der Waals surface area contributed by atoms with Gasteiger partial charge in [0.2, 0.25) is 23.6 Å². The summed E-state index contributed by atoms with van der Waals surface area (Å²) in [6.45, 7) is 6.36. The number of amides is 7. The molecule has 354 valence electrons. The summed E-state index contributed by atoms with van der Waals surface area (Å²) >= 11 is 0. The van der Waals surface area contributed by atoms with Crippen molar-refractivity contribution in [2.45, 2.75) is 103 Å². The van der Waals surface area contributed by atoms with Crippen LogP contribution in [0.25, 0.3) is 6.08 Å². The molecule has 7 amide bonds. The molecule has 0 spiro atoms. The molecule has 3 heterocycles. The van der Waals surface area contributed by atoms with Gasteiger partial charge in [-0.3, -0.25) is 43.4 Å². The predicted octanol–water partition coefficient (Wildman–Crippen LogP) is 5.51. The highest BCUT2D eigenvalue weighted by atomic mass is 16.2. The quantitative estimate of drug-likeness (QED) is 0.0632. The van der Waals surface area contributed by atoms with Crippen molar-refractivity contribution >= 4 is 64.6 Å². The van der Waals surface area contributed by atoms with E-state index < -0.39 is 11.9 Å². The smallest absolute Gasteiger partial charge is 0.255 e. The van der Waals surface area contributed by atoms with Gasteiger partial charge in [-0.05, 0) is 92.7 Å². The van der Waals surface area contributed by atoms with Crippen LogP contribution in [0.5, 0.6) is 0 Å². The first-order valence-electron chi connectivity index (χ1n) is 23.5. The van der Waals surface area contributed by atoms with Crippen LogP contribution >= 0.6 is 0 Å². The van der Waals surface area contributed by atoms with E-state index in [-0.39, 0.29) is 78.9 Å². The largest absolute Gasteiger partial charge is 0.387 e. The lowest BCUT2D eigenvalue weighted by atomic mass is 9.81. The highest BCUT2D eigenvalue weighted by Crippen LogP contribution is 2.31. The Kier molecular flexibility index (Phi) is 18.1. The van der Waals surface area contributed by atoms with E-state index in [0.29, 0.717) is 91.9 Å². The number of rotatable bonds is 22. The molecule has 6 N–H and O–H groups in total. The van der Waals surface area contributed by atoms with Crippen LogP contribution in [0, 0.1) is 11.8 Å². The first-order chi connectivity index (χ1) is 32.4. The molecule has 2 aromatic carbocycles. The SMILES string of the molecule is CCCN(CCC)C(=O)C1=Cc2ccc(C(=O)Nc3cncc(CNC(=O)C(Cc4ccccc4)NC(=O)CCCCCNC(=O)C4CCC(CN5C(=O)C=CC5=O)CC4)c3)cc2N=C(N)C1. The van der Waals surface area contributed by atoms with Crippen LogP contribution in [0.3, 0.4) is 0 Å². The van der Waals surface area contributed by atoms with Crippen molar-refractivity contribution in [1.29, 1.82) is 0 Å². The zero-order chi connectivity index (χ0) is 47.7. The van der Waals surface area contributed by atoms with E-state index in [1.807, 2.05) is 49.1 Å². The number of nitrogens with zero attached hydrogens (tertiary/aromatic N) is 4. The molecular formula is C51H63N9O7. The lowest BCUT2D eigenvalue weighted by Crippen LogP contribution is -2.47. The fraction of sp³-hybridized carbons (Fsp3) is 0.431. The fourth-order valence-electron chi connectivity index (χ4n) is 8.64. The summed E-state index contributed by atoms with van der Waals surface area (Å²) in [7, 11) is 0. The summed E-state index contributed by atoms with van der Waals surface area (Å²) in [5.74, 6) is -1.23. The molecule has 1 aliphatic carbocycles. The number of carbonyl (C=O) groups excluding carboxylic acids is 7. The average Bonchev–Trinajstić information content (AvgIpc) is 3.53. The van der Waals surface area contributed by atoms with E-state index >= 15 is 0 Å². The minimum Gasteiger partial charge on any atom is -0.387 e. The Morgan fingerprint density at radius 1 is 0.851 bits per heavy atom. The molecule has 3 aliphatic rings. The third kappa shape index (κ3) is 14.5. The Labute approximate surface area is 392 Å². The van der Waals surface area contributed by atoms with Crippen molar-refractivity contribution in [2.24, 2.45) is 22.6 Å². The zero-order valence-corrected chi connectivity index (χ0v) is 38.6. The number of aliphatic imine (C=N–C) groups is 1. The third-order valence-electron chi connectivity index (χ3n) is 12.2. The van der Waals surface area contributed by atoms with Crippen LogP contribution in [-0.2, 0) is 41.7 Å². The van der Waals surface area contributed by atoms with Crippen molar-refractivity contribution in [3.8, 4) is 0 Å². The lowest BCUT2D eigenvalue weighted by molar-refractivity contribution is -0.138. The van der Waals surface area contributed by atoms with E-state index in [0.717, 1.165) is 31.2 Å². The summed E-state index contributed by atoms with van der Waals surface area (Å²) in [4.78, 5) is 102. The fourth-order valence-corrected chi connectivity index (χ4v) is 8.64. The second kappa shape index (κ2) is 24.5. The Bertz CT molecular complexity index is 2350. The number of hydrogen-bond donors (Lipinski definition) is 5. The van der Waals surface area contributed by atoms with Gasteiger partial charge in [0.15, 0.2) is 0 Å². The number of carbonyl (C=O) groups is 7. The van der Waals surface area contributed by atoms with E-state index in [1.54, 1.807) is 36.5 Å². The van der Waals surface area contributed by atoms with Crippen LogP contribution in [0.15, 0.2) is 89.7 Å². The standard InChI is InChI=1S/C51H63N9O7/c1-3-23-59(24-4-2)51(67)40-27-38-18-19-39(28-42(38)57-44(52)29-40)49(65)56-41-25-36(30-53-32-41)31-55-50(66)43(26-34-11-7-5-8-12-34)58-45(61)13-9-6-10-22-54-48(64)37-16-14-35(15-17-37)33-60-46(62)20-21-47(60)63/h5,7-8,11-12,18-21,25,27-28,30,32,35,37,43H,3-4,6,9-10,13-17,22-24,26,29,31,33H2,1-2H3,(H2,52,57)(H,54,64)(H,55,66)(H,56,65)(H,58,61). The summed E-state index contributed by atoms with van der Waals surface area (Å²) in [6, 6.07) is 15.4. The molecule has 0 bridgehead atoms. The lowest BCUT2D eigenvalue weighted by Gasteiger charge is -2.30. The Morgan fingerprint density at radius 2 is 1.58 bits per heavy atom. The number of pyridine rings is 1. The van der Waals surface area contributed by atoms with E-state index in [4.69, 9.17) is 5.73 Å². The van der Waals surface area contributed by atoms with Crippen LogP contribution in [-0.4, -0.2) is 94.2 Å². The molecule has 1 atom stereocenters. The number of nitrogens with two attached hydrogens (primary N) is 1. The van der Waals surface area contributed by atoms with Gasteiger partial charge < -0.3 is 31.9 Å². The highest BCUT2D eigenvalue weighted by molar-refractivity contribution is 6.13. The molecule has 1 aromatic heterocycles. The molecular weight excluding hydrogens is 851 g/mol. The number of benzene rings is 2. The second-order valence-electron chi connectivity index (χ2n) is 17.5. The van der Waals surface area contributed by atoms with Crippen LogP contribution in [0.1, 0.15) is 112 Å². The minimum atomic E-state index is -0.839. The molecule has 3 aromatic rings. The van der Waals surface area contributed by atoms with E-state index in [1.165, 1.54) is 23.2 Å². The Hall–Kier alpha value is -6.97. The number of anilines is 1. The average molecular weight is 914 g/mol. The van der Waals surface area contributed by atoms with Crippen LogP contribution < -0.4 is 27.0 Å². The Balaban J connectivity index is 0.951. The first kappa shape index (κ1) is 49.5. The molecule has 1 saturated carbocycles. The van der Waals surface area contributed by atoms with Gasteiger partial charge >= 0.3 is 0 Å². The number of aromatic nitrogens is 1. The number of amidine groups is 1. The van der Waals surface area contributed by atoms with Gasteiger partial charge in [0.1, 0.15) is 11.9 Å². The predicted molar refractivity (Wildman–Crippen MR) is 256 cm³/mol. The minimum absolute atomic E-state index is 0.0141. The number of unbranched alkanes of at least 4 members (excludes halogenated alkanes) is 2. The van der Waals surface area contributed by atoms with Crippen molar-refractivity contribution in [3.63, 3.8) is 0 Å². The maximum absolute atomic E-state index is 13.6. The van der Waals surface area contributed by atoms with Gasteiger partial charge in [0.05, 0.1) is 17.6 Å². The molecule has 67 heavy (non-hydrogen) atoms. The third-order valence-corrected chi connectivity index (χ3v) is 12.2. The molecule has 1 unspecified atom stereocenters. The van der Waals surface area contributed by atoms with Gasteiger partial charge in [-0.2, -0.15) is 0 Å². The molecule has 0 saturated heterocycles. The Morgan fingerprint density at radius 3 is 2.30 bits per heavy atom. The number of hydrogen-bond acceptors (Lipinski definition) is 10. The van der Waals surface area contributed by atoms with Gasteiger partial charge in [-0.15, -0.1) is 0 Å². The monoisotopic (exact) mass is 913 g/mol.